The number of rotatable bonds is 5. The molecule has 5 aromatic rings. The quantitative estimate of drug-likeness (QED) is 0.322. The zero-order chi connectivity index (χ0) is 19.8. The Kier molecular flexibility index (Phi) is 4.66. The van der Waals surface area contributed by atoms with E-state index >= 15 is 0 Å². The van der Waals surface area contributed by atoms with Gasteiger partial charge in [-0.3, -0.25) is 4.79 Å². The average molecular weight is 443 g/mol. The molecule has 29 heavy (non-hydrogen) atoms. The van der Waals surface area contributed by atoms with E-state index in [-0.39, 0.29) is 5.56 Å². The molecule has 0 spiro atoms. The summed E-state index contributed by atoms with van der Waals surface area (Å²) in [6.45, 7) is 0. The van der Waals surface area contributed by atoms with Crippen molar-refractivity contribution in [3.8, 4) is 16.4 Å². The minimum Gasteiger partial charge on any atom is -0.338 e. The van der Waals surface area contributed by atoms with Crippen LogP contribution < -0.4 is 5.56 Å². The molecule has 0 aliphatic rings. The fraction of sp³-hybridized carbons (Fsp3) is 0.0556. The molecular formula is C18H11ClN6O2S2. The van der Waals surface area contributed by atoms with Crippen LogP contribution in [0.25, 0.3) is 27.4 Å². The van der Waals surface area contributed by atoms with Gasteiger partial charge in [0.2, 0.25) is 11.7 Å². The number of aromatic amines is 1. The maximum Gasteiger partial charge on any atom is 0.262 e. The van der Waals surface area contributed by atoms with E-state index in [0.29, 0.717) is 38.7 Å². The largest absolute Gasteiger partial charge is 0.338 e. The van der Waals surface area contributed by atoms with E-state index in [0.717, 1.165) is 10.6 Å². The van der Waals surface area contributed by atoms with Crippen molar-refractivity contribution in [1.82, 2.24) is 29.9 Å². The van der Waals surface area contributed by atoms with Crippen LogP contribution in [0.3, 0.4) is 0 Å². The average Bonchev–Trinajstić information content (AvgIpc) is 3.46. The maximum atomic E-state index is 12.4. The molecule has 8 nitrogen and oxygen atoms in total. The number of halogens is 1. The Morgan fingerprint density at radius 2 is 2.17 bits per heavy atom. The van der Waals surface area contributed by atoms with Crippen molar-refractivity contribution >= 4 is 45.7 Å². The molecular weight excluding hydrogens is 432 g/mol. The first kappa shape index (κ1) is 18.1. The van der Waals surface area contributed by atoms with Crippen molar-refractivity contribution in [3.63, 3.8) is 0 Å². The van der Waals surface area contributed by atoms with Crippen LogP contribution in [0.5, 0.6) is 0 Å². The normalized spacial score (nSPS) is 11.3. The Balaban J connectivity index is 1.43. The molecule has 0 amide bonds. The van der Waals surface area contributed by atoms with Gasteiger partial charge in [-0.2, -0.15) is 10.1 Å². The van der Waals surface area contributed by atoms with E-state index < -0.39 is 0 Å². The van der Waals surface area contributed by atoms with Crippen molar-refractivity contribution in [2.45, 2.75) is 10.9 Å². The fourth-order valence-corrected chi connectivity index (χ4v) is 4.24. The predicted octanol–water partition coefficient (Wildman–Crippen LogP) is 4.17. The van der Waals surface area contributed by atoms with Gasteiger partial charge in [0.15, 0.2) is 10.8 Å². The standard InChI is InChI=1S/C18H11ClN6O2S2/c19-10-3-1-4-11(7-10)25-16-12(8-20-25)17(26)23-18(22-16)29-9-14-21-15(24-27-14)13-5-2-6-28-13/h1-8H,9H2,(H,22,23,26). The topological polar surface area (TPSA) is 102 Å². The second kappa shape index (κ2) is 7.47. The first-order valence-electron chi connectivity index (χ1n) is 8.40. The number of thiophene rings is 1. The number of nitrogens with one attached hydrogen (secondary N) is 1. The summed E-state index contributed by atoms with van der Waals surface area (Å²) in [5, 5.41) is 11.6. The lowest BCUT2D eigenvalue weighted by atomic mass is 10.3. The van der Waals surface area contributed by atoms with Crippen LogP contribution in [-0.2, 0) is 5.75 Å². The third-order valence-electron chi connectivity index (χ3n) is 4.01. The molecule has 144 valence electrons. The summed E-state index contributed by atoms with van der Waals surface area (Å²) < 4.78 is 6.88. The molecule has 0 saturated heterocycles. The van der Waals surface area contributed by atoms with Crippen LogP contribution in [0.4, 0.5) is 0 Å². The number of aromatic nitrogens is 6. The Bertz CT molecular complexity index is 1360. The van der Waals surface area contributed by atoms with Gasteiger partial charge in [0.25, 0.3) is 5.56 Å². The smallest absolute Gasteiger partial charge is 0.262 e. The van der Waals surface area contributed by atoms with E-state index in [1.165, 1.54) is 29.3 Å². The molecule has 0 aliphatic carbocycles. The molecule has 1 N–H and O–H groups in total. The fourth-order valence-electron chi connectivity index (χ4n) is 2.71. The third-order valence-corrected chi connectivity index (χ3v) is 5.97. The first-order chi connectivity index (χ1) is 14.2. The summed E-state index contributed by atoms with van der Waals surface area (Å²) in [5.41, 5.74) is 0.901. The van der Waals surface area contributed by atoms with Gasteiger partial charge in [-0.1, -0.05) is 40.7 Å². The molecule has 0 radical (unpaired) electrons. The van der Waals surface area contributed by atoms with Gasteiger partial charge in [-0.25, -0.2) is 9.67 Å². The lowest BCUT2D eigenvalue weighted by molar-refractivity contribution is 0.391. The number of H-pyrrole nitrogens is 1. The van der Waals surface area contributed by atoms with E-state index in [2.05, 4.69) is 25.2 Å². The number of thioether (sulfide) groups is 1. The van der Waals surface area contributed by atoms with Crippen LogP contribution in [0.2, 0.25) is 5.02 Å². The summed E-state index contributed by atoms with van der Waals surface area (Å²) in [4.78, 5) is 25.1. The second-order valence-corrected chi connectivity index (χ2v) is 8.27. The zero-order valence-corrected chi connectivity index (χ0v) is 17.0. The Labute approximate surface area is 176 Å². The summed E-state index contributed by atoms with van der Waals surface area (Å²) in [6.07, 6.45) is 1.49. The van der Waals surface area contributed by atoms with Gasteiger partial charge < -0.3 is 9.51 Å². The third kappa shape index (κ3) is 3.57. The lowest BCUT2D eigenvalue weighted by Gasteiger charge is -2.04. The Morgan fingerprint density at radius 1 is 1.24 bits per heavy atom. The van der Waals surface area contributed by atoms with Crippen molar-refractivity contribution in [3.05, 3.63) is 69.2 Å². The molecule has 0 aliphatic heterocycles. The van der Waals surface area contributed by atoms with Gasteiger partial charge in [-0.05, 0) is 29.6 Å². The van der Waals surface area contributed by atoms with E-state index in [1.54, 1.807) is 16.8 Å². The van der Waals surface area contributed by atoms with Crippen LogP contribution in [0, 0.1) is 0 Å². The van der Waals surface area contributed by atoms with Gasteiger partial charge in [0.1, 0.15) is 5.39 Å². The number of hydrogen-bond donors (Lipinski definition) is 1. The van der Waals surface area contributed by atoms with E-state index in [1.807, 2.05) is 29.6 Å². The van der Waals surface area contributed by atoms with Crippen molar-refractivity contribution in [1.29, 1.82) is 0 Å². The molecule has 11 heteroatoms. The molecule has 5 rings (SSSR count). The Hall–Kier alpha value is -2.95. The van der Waals surface area contributed by atoms with Crippen LogP contribution in [0.15, 0.2) is 62.4 Å². The molecule has 0 fully saturated rings. The highest BCUT2D eigenvalue weighted by atomic mass is 35.5. The monoisotopic (exact) mass is 442 g/mol. The highest BCUT2D eigenvalue weighted by Crippen LogP contribution is 2.25. The second-order valence-electron chi connectivity index (χ2n) is 5.92. The summed E-state index contributed by atoms with van der Waals surface area (Å²) in [7, 11) is 0. The zero-order valence-electron chi connectivity index (χ0n) is 14.6. The predicted molar refractivity (Wildman–Crippen MR) is 112 cm³/mol. The van der Waals surface area contributed by atoms with Crippen molar-refractivity contribution in [2.24, 2.45) is 0 Å². The molecule has 0 saturated carbocycles. The van der Waals surface area contributed by atoms with Gasteiger partial charge in [0.05, 0.1) is 22.5 Å². The van der Waals surface area contributed by atoms with E-state index in [9.17, 15) is 4.79 Å². The van der Waals surface area contributed by atoms with Crippen molar-refractivity contribution in [2.75, 3.05) is 0 Å². The molecule has 0 bridgehead atoms. The number of fused-ring (bicyclic) bond motifs is 1. The number of nitrogens with zero attached hydrogens (tertiary/aromatic N) is 5. The van der Waals surface area contributed by atoms with Crippen LogP contribution in [0.1, 0.15) is 5.89 Å². The minimum absolute atomic E-state index is 0.268. The van der Waals surface area contributed by atoms with Gasteiger partial charge in [0, 0.05) is 5.02 Å². The van der Waals surface area contributed by atoms with Gasteiger partial charge >= 0.3 is 0 Å². The highest BCUT2D eigenvalue weighted by molar-refractivity contribution is 7.98. The molecule has 0 atom stereocenters. The number of benzene rings is 1. The SMILES string of the molecule is O=c1[nH]c(SCc2nc(-c3cccs3)no2)nc2c1cnn2-c1cccc(Cl)c1. The minimum atomic E-state index is -0.268. The number of hydrogen-bond acceptors (Lipinski definition) is 8. The Morgan fingerprint density at radius 3 is 3.00 bits per heavy atom. The highest BCUT2D eigenvalue weighted by Gasteiger charge is 2.14. The molecule has 0 unspecified atom stereocenters. The molecule has 4 aromatic heterocycles. The first-order valence-corrected chi connectivity index (χ1v) is 10.6. The summed E-state index contributed by atoms with van der Waals surface area (Å²) in [6, 6.07) is 11.0. The summed E-state index contributed by atoms with van der Waals surface area (Å²) in [5.74, 6) is 1.37. The van der Waals surface area contributed by atoms with Crippen molar-refractivity contribution < 1.29 is 4.52 Å². The van der Waals surface area contributed by atoms with Crippen LogP contribution in [-0.4, -0.2) is 29.9 Å². The summed E-state index contributed by atoms with van der Waals surface area (Å²) >= 11 is 8.91. The maximum absolute atomic E-state index is 12.4. The van der Waals surface area contributed by atoms with Crippen LogP contribution >= 0.6 is 34.7 Å². The molecule has 4 heterocycles. The molecule has 1 aromatic carbocycles. The van der Waals surface area contributed by atoms with Gasteiger partial charge in [-0.15, -0.1) is 11.3 Å². The lowest BCUT2D eigenvalue weighted by Crippen LogP contribution is -2.09. The van der Waals surface area contributed by atoms with E-state index in [4.69, 9.17) is 16.1 Å².